The van der Waals surface area contributed by atoms with Crippen LogP contribution in [0, 0.1) is 6.92 Å². The van der Waals surface area contributed by atoms with Crippen molar-refractivity contribution in [1.29, 1.82) is 0 Å². The summed E-state index contributed by atoms with van der Waals surface area (Å²) in [5.41, 5.74) is 2.13. The van der Waals surface area contributed by atoms with Crippen LogP contribution in [-0.4, -0.2) is 18.7 Å². The molecule has 1 aliphatic heterocycles. The van der Waals surface area contributed by atoms with E-state index in [4.69, 9.17) is 4.74 Å². The van der Waals surface area contributed by atoms with Crippen molar-refractivity contribution in [3.63, 3.8) is 0 Å². The molecule has 0 aromatic heterocycles. The molecule has 0 saturated heterocycles. The van der Waals surface area contributed by atoms with E-state index in [1.165, 1.54) is 5.56 Å². The average Bonchev–Trinajstić information content (AvgIpc) is 3.21. The molecule has 1 N–H and O–H groups in total. The monoisotopic (exact) mass is 528 g/mol. The van der Waals surface area contributed by atoms with Crippen LogP contribution in [0.15, 0.2) is 24.3 Å². The molecular weight excluding hydrogens is 498 g/mol. The highest BCUT2D eigenvalue weighted by Crippen LogP contribution is 2.43. The first-order valence-electron chi connectivity index (χ1n) is 12.4. The molecule has 1 heterocycles. The van der Waals surface area contributed by atoms with Gasteiger partial charge in [0.15, 0.2) is 0 Å². The number of nitrogens with one attached hydrogen (secondary N) is 1. The van der Waals surface area contributed by atoms with Gasteiger partial charge in [0.05, 0.1) is 22.9 Å². The lowest BCUT2D eigenvalue weighted by molar-refractivity contribution is -0.143. The molecule has 0 spiro atoms. The molecule has 1 amide bonds. The number of aryl methyl sites for hydroxylation is 1. The van der Waals surface area contributed by atoms with E-state index in [0.29, 0.717) is 19.4 Å². The molecule has 4 rings (SSSR count). The Labute approximate surface area is 212 Å². The van der Waals surface area contributed by atoms with Gasteiger partial charge in [-0.2, -0.15) is 26.3 Å². The molecule has 0 bridgehead atoms. The van der Waals surface area contributed by atoms with E-state index in [-0.39, 0.29) is 30.3 Å². The minimum atomic E-state index is -4.90. The number of carbonyl (C=O) groups is 1. The summed E-state index contributed by atoms with van der Waals surface area (Å²) in [6, 6.07) is 3.27. The first-order valence-corrected chi connectivity index (χ1v) is 12.4. The van der Waals surface area contributed by atoms with Gasteiger partial charge in [-0.1, -0.05) is 6.07 Å². The van der Waals surface area contributed by atoms with Crippen molar-refractivity contribution in [3.8, 4) is 0 Å². The van der Waals surface area contributed by atoms with E-state index < -0.39 is 29.6 Å². The molecule has 0 fully saturated rings. The van der Waals surface area contributed by atoms with Gasteiger partial charge in [-0.3, -0.25) is 4.90 Å². The lowest BCUT2D eigenvalue weighted by Gasteiger charge is -2.28. The summed E-state index contributed by atoms with van der Waals surface area (Å²) >= 11 is 0. The van der Waals surface area contributed by atoms with Crippen molar-refractivity contribution in [1.82, 2.24) is 5.32 Å². The fourth-order valence-electron chi connectivity index (χ4n) is 5.33. The topological polar surface area (TPSA) is 41.6 Å². The van der Waals surface area contributed by atoms with Gasteiger partial charge in [0, 0.05) is 19.1 Å². The maximum atomic E-state index is 13.3. The molecular formula is C27H30F6N2O2. The summed E-state index contributed by atoms with van der Waals surface area (Å²) in [7, 11) is 0. The van der Waals surface area contributed by atoms with Crippen LogP contribution < -0.4 is 10.2 Å². The van der Waals surface area contributed by atoms with E-state index in [1.807, 2.05) is 13.0 Å². The number of hydrogen-bond donors (Lipinski definition) is 1. The van der Waals surface area contributed by atoms with Crippen molar-refractivity contribution < 1.29 is 35.9 Å². The maximum Gasteiger partial charge on any atom is 0.416 e. The number of hydrogen-bond acceptors (Lipinski definition) is 3. The van der Waals surface area contributed by atoms with Gasteiger partial charge in [0.1, 0.15) is 0 Å². The summed E-state index contributed by atoms with van der Waals surface area (Å²) in [5, 5.41) is 3.20. The molecule has 2 aromatic rings. The van der Waals surface area contributed by atoms with Crippen LogP contribution in [0.3, 0.4) is 0 Å². The van der Waals surface area contributed by atoms with Crippen LogP contribution in [0.1, 0.15) is 78.1 Å². The van der Waals surface area contributed by atoms with Crippen LogP contribution in [-0.2, 0) is 36.5 Å². The van der Waals surface area contributed by atoms with E-state index in [0.717, 1.165) is 53.8 Å². The first kappa shape index (κ1) is 27.3. The Morgan fingerprint density at radius 2 is 1.62 bits per heavy atom. The zero-order chi connectivity index (χ0) is 27.1. The third-order valence-corrected chi connectivity index (χ3v) is 6.90. The molecule has 2 aliphatic rings. The second-order valence-corrected chi connectivity index (χ2v) is 10.0. The zero-order valence-electron chi connectivity index (χ0n) is 20.9. The van der Waals surface area contributed by atoms with Crippen LogP contribution in [0.4, 0.5) is 36.8 Å². The van der Waals surface area contributed by atoms with Crippen LogP contribution in [0.5, 0.6) is 0 Å². The number of rotatable bonds is 4. The molecule has 202 valence electrons. The largest absolute Gasteiger partial charge is 0.446 e. The highest BCUT2D eigenvalue weighted by atomic mass is 19.4. The Kier molecular flexibility index (Phi) is 7.52. The summed E-state index contributed by atoms with van der Waals surface area (Å²) in [6.45, 7) is 5.75. The van der Waals surface area contributed by atoms with E-state index in [1.54, 1.807) is 18.7 Å². The van der Waals surface area contributed by atoms with Crippen molar-refractivity contribution in [2.45, 2.75) is 83.9 Å². The van der Waals surface area contributed by atoms with Gasteiger partial charge in [0.25, 0.3) is 0 Å². The van der Waals surface area contributed by atoms with Gasteiger partial charge < -0.3 is 10.1 Å². The molecule has 0 radical (unpaired) electrons. The Hall–Kier alpha value is -2.75. The number of nitrogens with zero attached hydrogens (tertiary/aromatic N) is 1. The number of carbonyl (C=O) groups excluding carboxylic acids is 1. The molecule has 1 unspecified atom stereocenters. The fraction of sp³-hybridized carbons (Fsp3) is 0.519. The predicted octanol–water partition coefficient (Wildman–Crippen LogP) is 7.50. The van der Waals surface area contributed by atoms with Crippen molar-refractivity contribution in [3.05, 3.63) is 63.2 Å². The Bertz CT molecular complexity index is 1140. The standard InChI is InChI=1S/C27H30F6N2O2/c1-15(2)37-25(36)35-9-5-8-23(22-10-16(3)20-6-4-7-21(20)24(22)35)34-14-17-11-18(26(28,29)30)13-19(12-17)27(31,32)33/h10-13,15,23,34H,4-9,14H2,1-3H3. The van der Waals surface area contributed by atoms with Crippen molar-refractivity contribution >= 4 is 11.8 Å². The summed E-state index contributed by atoms with van der Waals surface area (Å²) in [6.07, 6.45) is -6.80. The number of fused-ring (bicyclic) bond motifs is 3. The van der Waals surface area contributed by atoms with E-state index in [2.05, 4.69) is 5.32 Å². The maximum absolute atomic E-state index is 13.3. The summed E-state index contributed by atoms with van der Waals surface area (Å²) in [5.74, 6) is 0. The average molecular weight is 529 g/mol. The molecule has 2 aromatic carbocycles. The summed E-state index contributed by atoms with van der Waals surface area (Å²) < 4.78 is 85.5. The highest BCUT2D eigenvalue weighted by molar-refractivity contribution is 5.91. The van der Waals surface area contributed by atoms with E-state index in [9.17, 15) is 31.1 Å². The van der Waals surface area contributed by atoms with Crippen LogP contribution in [0.25, 0.3) is 0 Å². The molecule has 37 heavy (non-hydrogen) atoms. The lowest BCUT2D eigenvalue weighted by atomic mass is 9.92. The zero-order valence-corrected chi connectivity index (χ0v) is 20.9. The van der Waals surface area contributed by atoms with Gasteiger partial charge in [-0.05, 0) is 98.9 Å². The quantitative estimate of drug-likeness (QED) is 0.418. The van der Waals surface area contributed by atoms with Crippen LogP contribution in [0.2, 0.25) is 0 Å². The third kappa shape index (κ3) is 5.89. The minimum absolute atomic E-state index is 0.109. The number of halogens is 6. The number of ether oxygens (including phenoxy) is 1. The second-order valence-electron chi connectivity index (χ2n) is 10.0. The summed E-state index contributed by atoms with van der Waals surface area (Å²) in [4.78, 5) is 14.7. The number of amides is 1. The Morgan fingerprint density at radius 1 is 1.00 bits per heavy atom. The fourth-order valence-corrected chi connectivity index (χ4v) is 5.33. The highest BCUT2D eigenvalue weighted by Gasteiger charge is 2.37. The van der Waals surface area contributed by atoms with Crippen molar-refractivity contribution in [2.75, 3.05) is 11.4 Å². The number of benzene rings is 2. The lowest BCUT2D eigenvalue weighted by Crippen LogP contribution is -2.35. The van der Waals surface area contributed by atoms with Gasteiger partial charge in [0.2, 0.25) is 0 Å². The molecule has 1 atom stereocenters. The SMILES string of the molecule is Cc1cc2c(c3c1CCC3)N(C(=O)OC(C)C)CCCC2NCc1cc(C(F)(F)F)cc(C(F)(F)F)c1. The first-order chi connectivity index (χ1) is 17.3. The van der Waals surface area contributed by atoms with E-state index >= 15 is 0 Å². The molecule has 1 aliphatic carbocycles. The third-order valence-electron chi connectivity index (χ3n) is 6.90. The minimum Gasteiger partial charge on any atom is -0.446 e. The molecule has 0 saturated carbocycles. The molecule has 4 nitrogen and oxygen atoms in total. The van der Waals surface area contributed by atoms with Crippen molar-refractivity contribution in [2.24, 2.45) is 0 Å². The Morgan fingerprint density at radius 3 is 2.22 bits per heavy atom. The number of anilines is 1. The van der Waals surface area contributed by atoms with Gasteiger partial charge in [-0.15, -0.1) is 0 Å². The van der Waals surface area contributed by atoms with Gasteiger partial charge >= 0.3 is 18.4 Å². The normalized spacial score (nSPS) is 18.0. The predicted molar refractivity (Wildman–Crippen MR) is 127 cm³/mol. The number of alkyl halides is 6. The smallest absolute Gasteiger partial charge is 0.416 e. The van der Waals surface area contributed by atoms with Crippen LogP contribution >= 0.6 is 0 Å². The van der Waals surface area contributed by atoms with Gasteiger partial charge in [-0.25, -0.2) is 4.79 Å². The Balaban J connectivity index is 1.70. The second kappa shape index (κ2) is 10.2. The molecule has 10 heteroatoms.